The molecule has 0 fully saturated rings. The third-order valence-corrected chi connectivity index (χ3v) is 3.99. The molecule has 0 aliphatic rings. The molecule has 0 saturated carbocycles. The lowest BCUT2D eigenvalue weighted by molar-refractivity contribution is 0.154. The predicted octanol–water partition coefficient (Wildman–Crippen LogP) is 3.31. The SMILES string of the molecule is CCn1nc(C)c(Br)c1CC(O)CCC(C)C. The quantitative estimate of drug-likeness (QED) is 0.875. The van der Waals surface area contributed by atoms with Gasteiger partial charge in [-0.3, -0.25) is 4.68 Å². The third-order valence-electron chi connectivity index (χ3n) is 2.96. The summed E-state index contributed by atoms with van der Waals surface area (Å²) < 4.78 is 3.01. The molecule has 1 aromatic rings. The molecular weight excluding hydrogens is 280 g/mol. The Bertz CT molecular complexity index is 361. The fourth-order valence-corrected chi connectivity index (χ4v) is 2.36. The first kappa shape index (κ1) is 14.7. The van der Waals surface area contributed by atoms with E-state index in [9.17, 15) is 5.11 Å². The molecule has 0 amide bonds. The van der Waals surface area contributed by atoms with Crippen molar-refractivity contribution in [1.82, 2.24) is 9.78 Å². The van der Waals surface area contributed by atoms with Crippen LogP contribution in [0.15, 0.2) is 4.47 Å². The molecule has 1 heterocycles. The summed E-state index contributed by atoms with van der Waals surface area (Å²) in [5.41, 5.74) is 2.11. The average Bonchev–Trinajstić information content (AvgIpc) is 2.54. The Morgan fingerprint density at radius 2 is 2.00 bits per heavy atom. The number of aliphatic hydroxyl groups is 1. The van der Waals surface area contributed by atoms with Gasteiger partial charge in [-0.15, -0.1) is 0 Å². The van der Waals surface area contributed by atoms with Crippen LogP contribution in [0, 0.1) is 12.8 Å². The van der Waals surface area contributed by atoms with Crippen LogP contribution in [0.1, 0.15) is 45.0 Å². The highest BCUT2D eigenvalue weighted by atomic mass is 79.9. The van der Waals surface area contributed by atoms with E-state index in [0.717, 1.165) is 35.2 Å². The second-order valence-corrected chi connectivity index (χ2v) is 5.78. The zero-order chi connectivity index (χ0) is 13.0. The summed E-state index contributed by atoms with van der Waals surface area (Å²) in [5.74, 6) is 0.644. The molecule has 1 aromatic heterocycles. The van der Waals surface area contributed by atoms with E-state index >= 15 is 0 Å². The number of aliphatic hydroxyl groups excluding tert-OH is 1. The van der Waals surface area contributed by atoms with Crippen LogP contribution >= 0.6 is 15.9 Å². The van der Waals surface area contributed by atoms with E-state index < -0.39 is 0 Å². The Morgan fingerprint density at radius 3 is 2.53 bits per heavy atom. The molecular formula is C13H23BrN2O. The smallest absolute Gasteiger partial charge is 0.0738 e. The van der Waals surface area contributed by atoms with Crippen LogP contribution in [0.4, 0.5) is 0 Å². The molecule has 1 N–H and O–H groups in total. The monoisotopic (exact) mass is 302 g/mol. The molecule has 4 heteroatoms. The third kappa shape index (κ3) is 4.11. The van der Waals surface area contributed by atoms with Gasteiger partial charge in [0.2, 0.25) is 0 Å². The first-order chi connectivity index (χ1) is 7.95. The summed E-state index contributed by atoms with van der Waals surface area (Å²) in [4.78, 5) is 0. The molecule has 3 nitrogen and oxygen atoms in total. The summed E-state index contributed by atoms with van der Waals surface area (Å²) in [6, 6.07) is 0. The first-order valence-corrected chi connectivity index (χ1v) is 7.14. The Balaban J connectivity index is 2.67. The van der Waals surface area contributed by atoms with Gasteiger partial charge in [0.25, 0.3) is 0 Å². The van der Waals surface area contributed by atoms with E-state index in [-0.39, 0.29) is 6.10 Å². The fraction of sp³-hybridized carbons (Fsp3) is 0.769. The number of aryl methyl sites for hydroxylation is 2. The molecule has 0 aromatic carbocycles. The minimum atomic E-state index is -0.268. The van der Waals surface area contributed by atoms with Gasteiger partial charge in [-0.25, -0.2) is 0 Å². The van der Waals surface area contributed by atoms with E-state index in [4.69, 9.17) is 0 Å². The highest BCUT2D eigenvalue weighted by Gasteiger charge is 2.16. The highest BCUT2D eigenvalue weighted by molar-refractivity contribution is 9.10. The number of hydrogen-bond donors (Lipinski definition) is 1. The van der Waals surface area contributed by atoms with Crippen LogP contribution in [0.5, 0.6) is 0 Å². The summed E-state index contributed by atoms with van der Waals surface area (Å²) in [6.45, 7) is 9.27. The van der Waals surface area contributed by atoms with Gasteiger partial charge < -0.3 is 5.11 Å². The Kier molecular flexibility index (Phi) is 5.67. The van der Waals surface area contributed by atoms with Crippen molar-refractivity contribution in [3.05, 3.63) is 15.9 Å². The Labute approximate surface area is 112 Å². The predicted molar refractivity (Wildman–Crippen MR) is 74.1 cm³/mol. The van der Waals surface area contributed by atoms with Crippen LogP contribution < -0.4 is 0 Å². The van der Waals surface area contributed by atoms with Crippen molar-refractivity contribution < 1.29 is 5.11 Å². The van der Waals surface area contributed by atoms with Gasteiger partial charge in [-0.05, 0) is 48.5 Å². The van der Waals surface area contributed by atoms with Crippen molar-refractivity contribution in [3.8, 4) is 0 Å². The van der Waals surface area contributed by atoms with E-state index in [1.54, 1.807) is 0 Å². The van der Waals surface area contributed by atoms with E-state index in [1.165, 1.54) is 0 Å². The Hall–Kier alpha value is -0.350. The molecule has 0 spiro atoms. The zero-order valence-corrected chi connectivity index (χ0v) is 12.8. The van der Waals surface area contributed by atoms with Crippen molar-refractivity contribution >= 4 is 15.9 Å². The number of hydrogen-bond acceptors (Lipinski definition) is 2. The molecule has 0 radical (unpaired) electrons. The minimum absolute atomic E-state index is 0.268. The van der Waals surface area contributed by atoms with Gasteiger partial charge in [0.15, 0.2) is 0 Å². The minimum Gasteiger partial charge on any atom is -0.393 e. The van der Waals surface area contributed by atoms with Gasteiger partial charge in [0, 0.05) is 13.0 Å². The lowest BCUT2D eigenvalue weighted by atomic mass is 10.0. The lowest BCUT2D eigenvalue weighted by Crippen LogP contribution is -2.15. The topological polar surface area (TPSA) is 38.0 Å². The molecule has 1 rings (SSSR count). The highest BCUT2D eigenvalue weighted by Crippen LogP contribution is 2.23. The van der Waals surface area contributed by atoms with Crippen molar-refractivity contribution in [1.29, 1.82) is 0 Å². The molecule has 0 saturated heterocycles. The van der Waals surface area contributed by atoms with E-state index in [0.29, 0.717) is 12.3 Å². The van der Waals surface area contributed by atoms with Crippen LogP contribution in [-0.2, 0) is 13.0 Å². The van der Waals surface area contributed by atoms with Crippen LogP contribution in [0.25, 0.3) is 0 Å². The van der Waals surface area contributed by atoms with Crippen LogP contribution in [0.3, 0.4) is 0 Å². The van der Waals surface area contributed by atoms with Crippen molar-refractivity contribution in [3.63, 3.8) is 0 Å². The molecule has 1 atom stereocenters. The second kappa shape index (κ2) is 6.55. The maximum absolute atomic E-state index is 10.0. The maximum atomic E-state index is 10.0. The number of halogens is 1. The van der Waals surface area contributed by atoms with Gasteiger partial charge in [-0.1, -0.05) is 13.8 Å². The van der Waals surface area contributed by atoms with E-state index in [2.05, 4.69) is 41.8 Å². The summed E-state index contributed by atoms with van der Waals surface area (Å²) in [7, 11) is 0. The molecule has 0 bridgehead atoms. The van der Waals surface area contributed by atoms with Gasteiger partial charge >= 0.3 is 0 Å². The van der Waals surface area contributed by atoms with E-state index in [1.807, 2.05) is 11.6 Å². The zero-order valence-electron chi connectivity index (χ0n) is 11.2. The Morgan fingerprint density at radius 1 is 1.35 bits per heavy atom. The number of aromatic nitrogens is 2. The lowest BCUT2D eigenvalue weighted by Gasteiger charge is -2.13. The van der Waals surface area contributed by atoms with Crippen LogP contribution in [-0.4, -0.2) is 21.0 Å². The maximum Gasteiger partial charge on any atom is 0.0738 e. The molecule has 98 valence electrons. The summed E-state index contributed by atoms with van der Waals surface area (Å²) in [6.07, 6.45) is 2.34. The second-order valence-electron chi connectivity index (χ2n) is 4.99. The molecule has 0 aliphatic carbocycles. The van der Waals surface area contributed by atoms with Gasteiger partial charge in [0.1, 0.15) is 0 Å². The van der Waals surface area contributed by atoms with Crippen molar-refractivity contribution in [2.24, 2.45) is 5.92 Å². The number of rotatable bonds is 6. The van der Waals surface area contributed by atoms with Gasteiger partial charge in [0.05, 0.1) is 22.0 Å². The molecule has 1 unspecified atom stereocenters. The normalized spacial score (nSPS) is 13.4. The largest absolute Gasteiger partial charge is 0.393 e. The summed E-state index contributed by atoms with van der Waals surface area (Å²) >= 11 is 3.56. The van der Waals surface area contributed by atoms with Crippen molar-refractivity contribution in [2.45, 2.75) is 59.6 Å². The summed E-state index contributed by atoms with van der Waals surface area (Å²) in [5, 5.41) is 14.5. The first-order valence-electron chi connectivity index (χ1n) is 6.35. The average molecular weight is 303 g/mol. The van der Waals surface area contributed by atoms with Crippen molar-refractivity contribution in [2.75, 3.05) is 0 Å². The van der Waals surface area contributed by atoms with Gasteiger partial charge in [-0.2, -0.15) is 5.10 Å². The molecule has 0 aliphatic heterocycles. The molecule has 17 heavy (non-hydrogen) atoms. The van der Waals surface area contributed by atoms with Crippen LogP contribution in [0.2, 0.25) is 0 Å². The fourth-order valence-electron chi connectivity index (χ4n) is 1.91. The standard InChI is InChI=1S/C13H23BrN2O/c1-5-16-12(13(14)10(4)15-16)8-11(17)7-6-9(2)3/h9,11,17H,5-8H2,1-4H3. The number of nitrogens with zero attached hydrogens (tertiary/aromatic N) is 2.